The molecule has 1 aromatic heterocycles. The standard InChI is InChI=1S/C16H13NO4/c1-3-14(18)12-8-13(17-15(9-12)21-2)10-5-4-6-11(7-10)16(19)20/h3-9H,1H2,2H3,(H,19,20). The molecule has 0 saturated heterocycles. The Hall–Kier alpha value is -2.95. The van der Waals surface area contributed by atoms with E-state index in [1.807, 2.05) is 0 Å². The van der Waals surface area contributed by atoms with Crippen molar-refractivity contribution in [2.75, 3.05) is 7.11 Å². The van der Waals surface area contributed by atoms with Crippen LogP contribution in [0, 0.1) is 0 Å². The second kappa shape index (κ2) is 6.00. The Morgan fingerprint density at radius 1 is 1.24 bits per heavy atom. The fourth-order valence-electron chi connectivity index (χ4n) is 1.83. The summed E-state index contributed by atoms with van der Waals surface area (Å²) in [6, 6.07) is 9.40. The van der Waals surface area contributed by atoms with Crippen molar-refractivity contribution in [2.45, 2.75) is 0 Å². The van der Waals surface area contributed by atoms with Crippen molar-refractivity contribution in [3.05, 3.63) is 60.2 Å². The molecule has 0 aliphatic heterocycles. The number of aromatic nitrogens is 1. The number of nitrogens with zero attached hydrogens (tertiary/aromatic N) is 1. The molecular formula is C16H13NO4. The van der Waals surface area contributed by atoms with Crippen molar-refractivity contribution in [2.24, 2.45) is 0 Å². The first-order valence-electron chi connectivity index (χ1n) is 6.11. The zero-order valence-corrected chi connectivity index (χ0v) is 11.4. The summed E-state index contributed by atoms with van der Waals surface area (Å²) in [5.41, 5.74) is 1.58. The minimum Gasteiger partial charge on any atom is -0.481 e. The summed E-state index contributed by atoms with van der Waals surface area (Å²) in [5, 5.41) is 9.03. The van der Waals surface area contributed by atoms with Gasteiger partial charge >= 0.3 is 5.97 Å². The number of hydrogen-bond acceptors (Lipinski definition) is 4. The lowest BCUT2D eigenvalue weighted by molar-refractivity contribution is 0.0696. The number of ether oxygens (including phenoxy) is 1. The highest BCUT2D eigenvalue weighted by atomic mass is 16.5. The number of ketones is 1. The monoisotopic (exact) mass is 283 g/mol. The Bertz CT molecular complexity index is 722. The number of carbonyl (C=O) groups excluding carboxylic acids is 1. The summed E-state index contributed by atoms with van der Waals surface area (Å²) < 4.78 is 5.08. The maximum Gasteiger partial charge on any atom is 0.335 e. The van der Waals surface area contributed by atoms with Crippen LogP contribution in [0.2, 0.25) is 0 Å². The highest BCUT2D eigenvalue weighted by Gasteiger charge is 2.11. The van der Waals surface area contributed by atoms with Crippen LogP contribution >= 0.6 is 0 Å². The number of carboxylic acid groups (broad SMARTS) is 1. The fraction of sp³-hybridized carbons (Fsp3) is 0.0625. The number of aromatic carboxylic acids is 1. The van der Waals surface area contributed by atoms with Gasteiger partial charge in [0.15, 0.2) is 5.78 Å². The van der Waals surface area contributed by atoms with Crippen molar-refractivity contribution in [3.63, 3.8) is 0 Å². The van der Waals surface area contributed by atoms with E-state index in [-0.39, 0.29) is 17.2 Å². The summed E-state index contributed by atoms with van der Waals surface area (Å²) in [7, 11) is 1.45. The third-order valence-electron chi connectivity index (χ3n) is 2.89. The topological polar surface area (TPSA) is 76.5 Å². The summed E-state index contributed by atoms with van der Waals surface area (Å²) in [4.78, 5) is 27.0. The molecule has 0 unspecified atom stereocenters. The molecule has 21 heavy (non-hydrogen) atoms. The minimum atomic E-state index is -1.03. The smallest absolute Gasteiger partial charge is 0.335 e. The highest BCUT2D eigenvalue weighted by molar-refractivity contribution is 6.05. The van der Waals surface area contributed by atoms with Gasteiger partial charge in [-0.3, -0.25) is 4.79 Å². The summed E-state index contributed by atoms with van der Waals surface area (Å²) in [6.07, 6.45) is 1.20. The molecule has 1 N–H and O–H groups in total. The minimum absolute atomic E-state index is 0.147. The van der Waals surface area contributed by atoms with Gasteiger partial charge < -0.3 is 9.84 Å². The van der Waals surface area contributed by atoms with Gasteiger partial charge in [0.25, 0.3) is 0 Å². The molecular weight excluding hydrogens is 270 g/mol. The van der Waals surface area contributed by atoms with Crippen LogP contribution in [0.4, 0.5) is 0 Å². The number of pyridine rings is 1. The zero-order valence-electron chi connectivity index (χ0n) is 11.4. The van der Waals surface area contributed by atoms with Crippen LogP contribution in [-0.2, 0) is 0 Å². The SMILES string of the molecule is C=CC(=O)c1cc(OC)nc(-c2cccc(C(=O)O)c2)c1. The average molecular weight is 283 g/mol. The van der Waals surface area contributed by atoms with Crippen molar-refractivity contribution in [1.82, 2.24) is 4.98 Å². The third kappa shape index (κ3) is 3.14. The van der Waals surface area contributed by atoms with Gasteiger partial charge in [0.05, 0.1) is 18.4 Å². The van der Waals surface area contributed by atoms with E-state index in [4.69, 9.17) is 9.84 Å². The normalized spacial score (nSPS) is 9.95. The molecule has 106 valence electrons. The lowest BCUT2D eigenvalue weighted by Crippen LogP contribution is -2.00. The van der Waals surface area contributed by atoms with Crippen LogP contribution in [0.25, 0.3) is 11.3 Å². The maximum absolute atomic E-state index is 11.7. The third-order valence-corrected chi connectivity index (χ3v) is 2.89. The Labute approximate surface area is 121 Å². The molecule has 0 aliphatic carbocycles. The first-order chi connectivity index (χ1) is 10.0. The van der Waals surface area contributed by atoms with E-state index in [9.17, 15) is 9.59 Å². The molecule has 0 fully saturated rings. The van der Waals surface area contributed by atoms with Crippen LogP contribution in [0.3, 0.4) is 0 Å². The predicted octanol–water partition coefficient (Wildman–Crippen LogP) is 2.82. The van der Waals surface area contributed by atoms with E-state index in [2.05, 4.69) is 11.6 Å². The van der Waals surface area contributed by atoms with Gasteiger partial charge in [-0.2, -0.15) is 0 Å². The van der Waals surface area contributed by atoms with E-state index in [0.29, 0.717) is 16.8 Å². The molecule has 2 rings (SSSR count). The molecule has 0 saturated carbocycles. The van der Waals surface area contributed by atoms with E-state index in [0.717, 1.165) is 0 Å². The Balaban J connectivity index is 2.57. The van der Waals surface area contributed by atoms with E-state index >= 15 is 0 Å². The molecule has 0 spiro atoms. The van der Waals surface area contributed by atoms with Gasteiger partial charge in [-0.25, -0.2) is 9.78 Å². The second-order valence-electron chi connectivity index (χ2n) is 4.24. The van der Waals surface area contributed by atoms with E-state index < -0.39 is 5.97 Å². The Morgan fingerprint density at radius 2 is 2.00 bits per heavy atom. The molecule has 5 nitrogen and oxygen atoms in total. The largest absolute Gasteiger partial charge is 0.481 e. The van der Waals surface area contributed by atoms with E-state index in [1.54, 1.807) is 18.2 Å². The maximum atomic E-state index is 11.7. The van der Waals surface area contributed by atoms with Crippen molar-refractivity contribution in [1.29, 1.82) is 0 Å². The lowest BCUT2D eigenvalue weighted by Gasteiger charge is -2.07. The molecule has 1 heterocycles. The first kappa shape index (κ1) is 14.5. The molecule has 1 aromatic carbocycles. The molecule has 0 amide bonds. The van der Waals surface area contributed by atoms with Crippen LogP contribution < -0.4 is 4.74 Å². The highest BCUT2D eigenvalue weighted by Crippen LogP contribution is 2.23. The number of benzene rings is 1. The summed E-state index contributed by atoms with van der Waals surface area (Å²) in [5.74, 6) is -1.01. The predicted molar refractivity (Wildman–Crippen MR) is 77.7 cm³/mol. The number of methoxy groups -OCH3 is 1. The van der Waals surface area contributed by atoms with Gasteiger partial charge in [0, 0.05) is 17.2 Å². The number of carboxylic acids is 1. The molecule has 5 heteroatoms. The van der Waals surface area contributed by atoms with Crippen LogP contribution in [-0.4, -0.2) is 29.0 Å². The molecule has 0 radical (unpaired) electrons. The van der Waals surface area contributed by atoms with Gasteiger partial charge in [-0.15, -0.1) is 0 Å². The second-order valence-corrected chi connectivity index (χ2v) is 4.24. The molecule has 0 bridgehead atoms. The number of allylic oxidation sites excluding steroid dienone is 1. The molecule has 0 aliphatic rings. The van der Waals surface area contributed by atoms with Crippen molar-refractivity contribution >= 4 is 11.8 Å². The zero-order chi connectivity index (χ0) is 15.4. The summed E-state index contributed by atoms with van der Waals surface area (Å²) >= 11 is 0. The number of carbonyl (C=O) groups is 2. The van der Waals surface area contributed by atoms with Crippen LogP contribution in [0.15, 0.2) is 49.1 Å². The quantitative estimate of drug-likeness (QED) is 0.674. The Kier molecular flexibility index (Phi) is 4.13. The summed E-state index contributed by atoms with van der Waals surface area (Å²) in [6.45, 7) is 3.44. The van der Waals surface area contributed by atoms with Crippen LogP contribution in [0.5, 0.6) is 5.88 Å². The van der Waals surface area contributed by atoms with Gasteiger partial charge in [0.2, 0.25) is 5.88 Å². The lowest BCUT2D eigenvalue weighted by atomic mass is 10.0. The number of hydrogen-bond donors (Lipinski definition) is 1. The number of rotatable bonds is 5. The van der Waals surface area contributed by atoms with E-state index in [1.165, 1.54) is 31.4 Å². The van der Waals surface area contributed by atoms with Gasteiger partial charge in [-0.1, -0.05) is 18.7 Å². The molecule has 2 aromatic rings. The molecule has 0 atom stereocenters. The van der Waals surface area contributed by atoms with Gasteiger partial charge in [0.1, 0.15) is 0 Å². The Morgan fingerprint density at radius 3 is 2.62 bits per heavy atom. The van der Waals surface area contributed by atoms with Gasteiger partial charge in [-0.05, 0) is 24.3 Å². The fourth-order valence-corrected chi connectivity index (χ4v) is 1.83. The first-order valence-corrected chi connectivity index (χ1v) is 6.11. The van der Waals surface area contributed by atoms with Crippen LogP contribution in [0.1, 0.15) is 20.7 Å². The average Bonchev–Trinajstić information content (AvgIpc) is 2.53. The van der Waals surface area contributed by atoms with Crippen molar-refractivity contribution < 1.29 is 19.4 Å². The van der Waals surface area contributed by atoms with Crippen molar-refractivity contribution in [3.8, 4) is 17.1 Å².